The Labute approximate surface area is 666 Å². The van der Waals surface area contributed by atoms with E-state index in [9.17, 15) is 76.7 Å². The second-order valence-corrected chi connectivity index (χ2v) is 26.6. The maximum Gasteiger partial charge on any atom is 0.306 e. The van der Waals surface area contributed by atoms with Gasteiger partial charge in [-0.05, 0) is 17.5 Å². The van der Waals surface area contributed by atoms with E-state index in [2.05, 4.69) is 31.9 Å². The minimum absolute atomic E-state index is 0.0193. The third-order valence-electron chi connectivity index (χ3n) is 18.8. The van der Waals surface area contributed by atoms with E-state index in [0.29, 0.717) is 42.7 Å². The Balaban J connectivity index is 1.80. The Kier molecular flexibility index (Phi) is 50.1. The summed E-state index contributed by atoms with van der Waals surface area (Å²) in [5, 5.41) is 18.6. The fraction of sp³-hybridized carbons (Fsp3) is 0.658. The van der Waals surface area contributed by atoms with Crippen molar-refractivity contribution in [3.8, 4) is 0 Å². The molecule has 8 amide bonds. The molecule has 0 radical (unpaired) electrons. The average Bonchev–Trinajstić information content (AvgIpc) is 0.750. The first kappa shape index (κ1) is 98.3. The summed E-state index contributed by atoms with van der Waals surface area (Å²) in [5.41, 5.74) is 0.697. The fourth-order valence-electron chi connectivity index (χ4n) is 11.9. The summed E-state index contributed by atoms with van der Waals surface area (Å²) in [5.74, 6) is -6.71. The molecular weight excluding hydrogens is 1490 g/mol. The van der Waals surface area contributed by atoms with E-state index in [-0.39, 0.29) is 271 Å². The lowest BCUT2D eigenvalue weighted by molar-refractivity contribution is -0.142. The normalized spacial score (nSPS) is 11.8. The summed E-state index contributed by atoms with van der Waals surface area (Å²) in [6.07, 6.45) is 0.134. The topological polar surface area (TPSA) is 445 Å². The van der Waals surface area contributed by atoms with Gasteiger partial charge in [0.15, 0.2) is 0 Å². The van der Waals surface area contributed by atoms with Crippen molar-refractivity contribution in [1.29, 1.82) is 0 Å². The van der Waals surface area contributed by atoms with Gasteiger partial charge in [0.2, 0.25) is 35.4 Å². The first-order valence-corrected chi connectivity index (χ1v) is 38.4. The molecule has 2 aromatic carbocycles. The number of benzene rings is 2. The molecule has 1 aliphatic rings. The Morgan fingerprint density at radius 2 is 0.430 bits per heavy atom. The molecule has 0 saturated carbocycles. The average molecular weight is 1610 g/mol. The fourth-order valence-corrected chi connectivity index (χ4v) is 11.9. The van der Waals surface area contributed by atoms with Crippen LogP contribution in [0.25, 0.3) is 10.8 Å². The largest absolute Gasteiger partial charge is 0.469 e. The predicted octanol–water partition coefficient (Wildman–Crippen LogP) is -1.91. The molecule has 1 heterocycles. The van der Waals surface area contributed by atoms with Crippen LogP contribution in [0.3, 0.4) is 0 Å². The van der Waals surface area contributed by atoms with E-state index in [1.165, 1.54) is 56.9 Å². The number of methoxy groups -OCH3 is 8. The predicted molar refractivity (Wildman–Crippen MR) is 413 cm³/mol. The van der Waals surface area contributed by atoms with E-state index >= 15 is 0 Å². The van der Waals surface area contributed by atoms with E-state index in [0.717, 1.165) is 10.3 Å². The van der Waals surface area contributed by atoms with E-state index in [1.807, 2.05) is 41.5 Å². The van der Waals surface area contributed by atoms with Gasteiger partial charge >= 0.3 is 47.8 Å². The van der Waals surface area contributed by atoms with Crippen LogP contribution in [0.1, 0.15) is 111 Å². The summed E-state index contributed by atoms with van der Waals surface area (Å²) in [4.78, 5) is 219. The van der Waals surface area contributed by atoms with E-state index < -0.39 is 71.4 Å². The van der Waals surface area contributed by atoms with Crippen LogP contribution in [0.15, 0.2) is 36.4 Å². The molecule has 0 atom stereocenters. The summed E-state index contributed by atoms with van der Waals surface area (Å²) >= 11 is 0. The first-order chi connectivity index (χ1) is 54.8. The first-order valence-electron chi connectivity index (χ1n) is 38.4. The number of carbonyl (C=O) groups is 16. The number of hydrogen-bond donors (Lipinski definition) is 6. The van der Waals surface area contributed by atoms with Gasteiger partial charge in [-0.25, -0.2) is 0 Å². The van der Waals surface area contributed by atoms with Crippen LogP contribution in [0.4, 0.5) is 0 Å². The van der Waals surface area contributed by atoms with Gasteiger partial charge in [-0.2, -0.15) is 0 Å². The Bertz CT molecular complexity index is 3000. The second kappa shape index (κ2) is 58.1. The molecule has 3 rings (SSSR count). The monoisotopic (exact) mass is 1610 g/mol. The molecule has 638 valence electrons. The number of carbonyl (C=O) groups excluding carboxylic acids is 16. The van der Waals surface area contributed by atoms with Crippen molar-refractivity contribution in [2.75, 3.05) is 240 Å². The number of ether oxygens (including phenoxy) is 8. The number of nitrogens with one attached hydrogen (secondary N) is 6. The van der Waals surface area contributed by atoms with Crippen molar-refractivity contribution in [2.24, 2.45) is 0 Å². The molecule has 0 aromatic heterocycles. The lowest BCUT2D eigenvalue weighted by Crippen LogP contribution is -2.46. The molecule has 1 aliphatic heterocycles. The highest BCUT2D eigenvalue weighted by Gasteiger charge is 2.33. The van der Waals surface area contributed by atoms with E-state index in [1.54, 1.807) is 29.2 Å². The van der Waals surface area contributed by atoms with Gasteiger partial charge < -0.3 is 104 Å². The summed E-state index contributed by atoms with van der Waals surface area (Å²) < 4.78 is 38.2. The number of rotatable bonds is 63. The zero-order chi connectivity index (χ0) is 84.0. The van der Waals surface area contributed by atoms with Crippen LogP contribution in [0, 0.1) is 0 Å². The van der Waals surface area contributed by atoms with Crippen LogP contribution in [0.2, 0.25) is 0 Å². The second-order valence-electron chi connectivity index (χ2n) is 26.6. The number of amides is 8. The lowest BCUT2D eigenvalue weighted by atomic mass is 9.94. The van der Waals surface area contributed by atoms with Gasteiger partial charge in [-0.1, -0.05) is 24.3 Å². The molecule has 0 fully saturated rings. The number of hydrogen-bond acceptors (Lipinski definition) is 31. The van der Waals surface area contributed by atoms with Gasteiger partial charge in [-0.15, -0.1) is 0 Å². The molecule has 38 heteroatoms. The molecule has 0 aliphatic carbocycles. The zero-order valence-electron chi connectivity index (χ0n) is 67.5. The van der Waals surface area contributed by atoms with Gasteiger partial charge in [0.1, 0.15) is 0 Å². The van der Waals surface area contributed by atoms with Crippen LogP contribution in [0.5, 0.6) is 0 Å². The smallest absolute Gasteiger partial charge is 0.306 e. The molecule has 0 saturated heterocycles. The van der Waals surface area contributed by atoms with Crippen LogP contribution < -0.4 is 31.9 Å². The molecule has 0 bridgehead atoms. The van der Waals surface area contributed by atoms with Crippen molar-refractivity contribution >= 4 is 106 Å². The van der Waals surface area contributed by atoms with Gasteiger partial charge in [0, 0.05) is 238 Å². The maximum absolute atomic E-state index is 14.1. The third-order valence-corrected chi connectivity index (χ3v) is 18.8. The van der Waals surface area contributed by atoms with Crippen LogP contribution in [-0.2, 0) is 105 Å². The van der Waals surface area contributed by atoms with Crippen molar-refractivity contribution in [3.63, 3.8) is 0 Å². The minimum Gasteiger partial charge on any atom is -0.469 e. The van der Waals surface area contributed by atoms with Crippen molar-refractivity contribution in [2.45, 2.75) is 89.9 Å². The highest BCUT2D eigenvalue weighted by atomic mass is 16.5. The summed E-state index contributed by atoms with van der Waals surface area (Å²) in [6.45, 7) is 5.15. The third kappa shape index (κ3) is 42.3. The standard InChI is InChI=1S/C76H120N14O24/c1-107-66(97)21-41-85(42-22-67(98)108-2)51-31-79-60(91)15-35-83(36-16-61(92)80-32-52-86(43-23-68(99)109-3)44-24-69(100)110-4)49-29-77-64(95)19-39-89(55-56-90-75(105)58-13-9-11-57-12-10-14-59(74(57)58)76(90)106)40-20-65(96)78-30-50-84(37-17-62(93)81-33-53-87(45-25-70(101)111-5)46-26-71(102)112-6)38-18-63(94)82-34-54-88(47-27-72(103)113-7)48-28-73(104)114-8/h9-14H,15-56H2,1-8H3,(H,77,95)(H,78,96)(H,79,91)(H,80,92)(H,81,93)(H,82,94). The summed E-state index contributed by atoms with van der Waals surface area (Å²) in [7, 11) is 10.1. The number of imide groups is 1. The number of esters is 8. The zero-order valence-corrected chi connectivity index (χ0v) is 67.5. The SMILES string of the molecule is COC(=O)CCN(CCNC(=O)CCN(CCNC(=O)CCN(CCC(=O)NCCN(CCC(=O)NCCN(CCC(=O)OC)CCC(=O)OC)CCC(=O)NCCN(CCC(=O)OC)CCC(=O)OC)CCN1C(=O)c2cccc3cccc(c23)C1=O)CCC(=O)NCCN(CCC(=O)OC)CCC(=O)OC)CCC(=O)OC. The molecule has 38 nitrogen and oxygen atoms in total. The van der Waals surface area contributed by atoms with Gasteiger partial charge in [-0.3, -0.25) is 81.6 Å². The molecule has 114 heavy (non-hydrogen) atoms. The number of nitrogens with zero attached hydrogens (tertiary/aromatic N) is 8. The Morgan fingerprint density at radius 3 is 0.614 bits per heavy atom. The van der Waals surface area contributed by atoms with Crippen molar-refractivity contribution in [1.82, 2.24) is 71.1 Å². The van der Waals surface area contributed by atoms with E-state index in [4.69, 9.17) is 37.9 Å². The highest BCUT2D eigenvalue weighted by Crippen LogP contribution is 2.30. The minimum atomic E-state index is -0.505. The highest BCUT2D eigenvalue weighted by molar-refractivity contribution is 6.25. The lowest BCUT2D eigenvalue weighted by Gasteiger charge is -2.30. The van der Waals surface area contributed by atoms with Crippen molar-refractivity contribution in [3.05, 3.63) is 47.5 Å². The molecule has 2 aromatic rings. The quantitative estimate of drug-likeness (QED) is 0.0239. The van der Waals surface area contributed by atoms with Gasteiger partial charge in [0.05, 0.1) is 108 Å². The molecule has 0 spiro atoms. The maximum atomic E-state index is 14.1. The molecule has 6 N–H and O–H groups in total. The van der Waals surface area contributed by atoms with Crippen molar-refractivity contribution < 1.29 is 115 Å². The van der Waals surface area contributed by atoms with Crippen LogP contribution >= 0.6 is 0 Å². The molecule has 0 unspecified atom stereocenters. The Morgan fingerprint density at radius 1 is 0.254 bits per heavy atom. The van der Waals surface area contributed by atoms with Gasteiger partial charge in [0.25, 0.3) is 11.8 Å². The Hall–Kier alpha value is -9.86. The molecular formula is C76H120N14O24. The summed E-state index contributed by atoms with van der Waals surface area (Å²) in [6, 6.07) is 10.4. The van der Waals surface area contributed by atoms with Crippen LogP contribution in [-0.4, -0.2) is 374 Å².